The summed E-state index contributed by atoms with van der Waals surface area (Å²) in [5, 5.41) is 11.6. The summed E-state index contributed by atoms with van der Waals surface area (Å²) in [5.41, 5.74) is 3.06. The fourth-order valence-electron chi connectivity index (χ4n) is 2.82. The van der Waals surface area contributed by atoms with Crippen LogP contribution in [0.25, 0.3) is 11.1 Å². The van der Waals surface area contributed by atoms with Gasteiger partial charge in [-0.15, -0.1) is 0 Å². The molecule has 6 heteroatoms. The van der Waals surface area contributed by atoms with Crippen molar-refractivity contribution in [3.05, 3.63) is 89.5 Å². The minimum atomic E-state index is -1.06. The van der Waals surface area contributed by atoms with Crippen LogP contribution < -0.4 is 5.32 Å². The highest BCUT2D eigenvalue weighted by Crippen LogP contribution is 2.26. The Hall–Kier alpha value is -3.56. The molecule has 0 bridgehead atoms. The number of rotatable bonds is 6. The third-order valence-electron chi connectivity index (χ3n) is 4.32. The molecule has 1 atom stereocenters. The largest absolute Gasteiger partial charge is 0.367 e. The highest BCUT2D eigenvalue weighted by atomic mass is 19.1. The smallest absolute Gasteiger partial charge is 0.254 e. The van der Waals surface area contributed by atoms with Crippen LogP contribution in [-0.4, -0.2) is 18.0 Å². The molecule has 1 heterocycles. The molecular weight excluding hydrogens is 357 g/mol. The predicted octanol–water partition coefficient (Wildman–Crippen LogP) is 3.76. The second-order valence-corrected chi connectivity index (χ2v) is 6.11. The molecule has 5 nitrogen and oxygen atoms in total. The molecule has 0 aliphatic heterocycles. The fraction of sp³-hybridized carbons (Fsp3) is 0.136. The van der Waals surface area contributed by atoms with E-state index in [0.29, 0.717) is 11.1 Å². The fourth-order valence-corrected chi connectivity index (χ4v) is 2.82. The van der Waals surface area contributed by atoms with Crippen LogP contribution in [0.2, 0.25) is 0 Å². The Morgan fingerprint density at radius 2 is 1.86 bits per heavy atom. The summed E-state index contributed by atoms with van der Waals surface area (Å²) in [7, 11) is 1.36. The maximum absolute atomic E-state index is 14.7. The van der Waals surface area contributed by atoms with Crippen LogP contribution in [0.15, 0.2) is 67.0 Å². The molecule has 28 heavy (non-hydrogen) atoms. The van der Waals surface area contributed by atoms with E-state index in [-0.39, 0.29) is 12.1 Å². The van der Waals surface area contributed by atoms with E-state index < -0.39 is 17.8 Å². The standard InChI is InChI=1S/C22H18FN3O2/c1-28-21(22(27)26-14-16-4-2-15(13-24)3-5-16)19-7-6-18(12-20(19)23)17-8-10-25-11-9-17/h2-12,21H,14H2,1H3,(H,26,27)/t21-/m0/s1. The normalized spacial score (nSPS) is 11.5. The molecule has 0 unspecified atom stereocenters. The number of hydrogen-bond acceptors (Lipinski definition) is 4. The Labute approximate surface area is 162 Å². The number of nitrogens with zero attached hydrogens (tertiary/aromatic N) is 2. The average molecular weight is 375 g/mol. The van der Waals surface area contributed by atoms with Crippen LogP contribution in [0.1, 0.15) is 22.8 Å². The van der Waals surface area contributed by atoms with Gasteiger partial charge in [-0.05, 0) is 47.0 Å². The molecule has 0 aliphatic carbocycles. The lowest BCUT2D eigenvalue weighted by Gasteiger charge is -2.17. The van der Waals surface area contributed by atoms with Gasteiger partial charge in [0.1, 0.15) is 5.82 Å². The van der Waals surface area contributed by atoms with Crippen LogP contribution in [0, 0.1) is 17.1 Å². The van der Waals surface area contributed by atoms with Crippen molar-refractivity contribution in [2.45, 2.75) is 12.6 Å². The molecular formula is C22H18FN3O2. The Morgan fingerprint density at radius 3 is 2.46 bits per heavy atom. The lowest BCUT2D eigenvalue weighted by atomic mass is 10.0. The number of pyridine rings is 1. The van der Waals surface area contributed by atoms with Crippen molar-refractivity contribution in [1.82, 2.24) is 10.3 Å². The zero-order chi connectivity index (χ0) is 19.9. The van der Waals surface area contributed by atoms with Crippen LogP contribution >= 0.6 is 0 Å². The number of nitrogens with one attached hydrogen (secondary N) is 1. The summed E-state index contributed by atoms with van der Waals surface area (Å²) in [6.07, 6.45) is 2.20. The third kappa shape index (κ3) is 4.40. The number of methoxy groups -OCH3 is 1. The van der Waals surface area contributed by atoms with E-state index in [4.69, 9.17) is 10.00 Å². The second-order valence-electron chi connectivity index (χ2n) is 6.11. The molecule has 0 saturated carbocycles. The molecule has 0 spiro atoms. The third-order valence-corrected chi connectivity index (χ3v) is 4.32. The van der Waals surface area contributed by atoms with Crippen LogP contribution in [0.5, 0.6) is 0 Å². The zero-order valence-electron chi connectivity index (χ0n) is 15.2. The van der Waals surface area contributed by atoms with Crippen molar-refractivity contribution in [2.75, 3.05) is 7.11 Å². The number of ether oxygens (including phenoxy) is 1. The van der Waals surface area contributed by atoms with E-state index in [9.17, 15) is 9.18 Å². The SMILES string of the molecule is CO[C@H](C(=O)NCc1ccc(C#N)cc1)c1ccc(-c2ccncc2)cc1F. The van der Waals surface area contributed by atoms with Gasteiger partial charge in [0.15, 0.2) is 6.10 Å². The first-order valence-corrected chi connectivity index (χ1v) is 8.61. The topological polar surface area (TPSA) is 75.0 Å². The number of amides is 1. The predicted molar refractivity (Wildman–Crippen MR) is 102 cm³/mol. The van der Waals surface area contributed by atoms with Crippen LogP contribution in [0.4, 0.5) is 4.39 Å². The zero-order valence-corrected chi connectivity index (χ0v) is 15.2. The van der Waals surface area contributed by atoms with Gasteiger partial charge in [0.2, 0.25) is 0 Å². The quantitative estimate of drug-likeness (QED) is 0.712. The number of nitriles is 1. The van der Waals surface area contributed by atoms with E-state index in [2.05, 4.69) is 10.3 Å². The van der Waals surface area contributed by atoms with Crippen molar-refractivity contribution in [3.63, 3.8) is 0 Å². The molecule has 1 amide bonds. The van der Waals surface area contributed by atoms with Gasteiger partial charge < -0.3 is 10.1 Å². The lowest BCUT2D eigenvalue weighted by molar-refractivity contribution is -0.131. The van der Waals surface area contributed by atoms with Crippen molar-refractivity contribution in [2.24, 2.45) is 0 Å². The van der Waals surface area contributed by atoms with Crippen molar-refractivity contribution in [3.8, 4) is 17.2 Å². The second kappa shape index (κ2) is 8.89. The molecule has 1 N–H and O–H groups in total. The number of halogens is 1. The van der Waals surface area contributed by atoms with Crippen molar-refractivity contribution >= 4 is 5.91 Å². The molecule has 0 radical (unpaired) electrons. The van der Waals surface area contributed by atoms with Gasteiger partial charge in [0, 0.05) is 31.6 Å². The Morgan fingerprint density at radius 1 is 1.14 bits per heavy atom. The summed E-state index contributed by atoms with van der Waals surface area (Å²) in [4.78, 5) is 16.5. The summed E-state index contributed by atoms with van der Waals surface area (Å²) >= 11 is 0. The number of carbonyl (C=O) groups is 1. The van der Waals surface area contributed by atoms with E-state index in [1.807, 2.05) is 6.07 Å². The highest BCUT2D eigenvalue weighted by Gasteiger charge is 2.23. The number of aromatic nitrogens is 1. The minimum absolute atomic E-state index is 0.164. The summed E-state index contributed by atoms with van der Waals surface area (Å²) in [6.45, 7) is 0.251. The van der Waals surface area contributed by atoms with E-state index in [1.54, 1.807) is 60.9 Å². The van der Waals surface area contributed by atoms with Gasteiger partial charge in [-0.1, -0.05) is 24.3 Å². The van der Waals surface area contributed by atoms with E-state index in [0.717, 1.165) is 11.1 Å². The van der Waals surface area contributed by atoms with Crippen molar-refractivity contribution < 1.29 is 13.9 Å². The molecule has 0 fully saturated rings. The van der Waals surface area contributed by atoms with Crippen molar-refractivity contribution in [1.29, 1.82) is 5.26 Å². The molecule has 1 aromatic heterocycles. The number of benzene rings is 2. The Kier molecular flexibility index (Phi) is 6.10. The minimum Gasteiger partial charge on any atom is -0.367 e. The van der Waals surface area contributed by atoms with Gasteiger partial charge in [-0.2, -0.15) is 5.26 Å². The molecule has 3 rings (SSSR count). The first-order valence-electron chi connectivity index (χ1n) is 8.61. The first-order chi connectivity index (χ1) is 13.6. The molecule has 2 aromatic carbocycles. The monoisotopic (exact) mass is 375 g/mol. The summed E-state index contributed by atoms with van der Waals surface area (Å²) in [6, 6.07) is 17.1. The number of carbonyl (C=O) groups excluding carboxylic acids is 1. The molecule has 0 saturated heterocycles. The van der Waals surface area contributed by atoms with E-state index >= 15 is 0 Å². The molecule has 3 aromatic rings. The van der Waals surface area contributed by atoms with Gasteiger partial charge >= 0.3 is 0 Å². The maximum Gasteiger partial charge on any atom is 0.254 e. The molecule has 0 aliphatic rings. The summed E-state index contributed by atoms with van der Waals surface area (Å²) < 4.78 is 19.9. The van der Waals surface area contributed by atoms with Crippen LogP contribution in [-0.2, 0) is 16.1 Å². The van der Waals surface area contributed by atoms with Gasteiger partial charge in [0.25, 0.3) is 5.91 Å². The number of hydrogen-bond donors (Lipinski definition) is 1. The van der Waals surface area contributed by atoms with Gasteiger partial charge in [-0.25, -0.2) is 4.39 Å². The van der Waals surface area contributed by atoms with E-state index in [1.165, 1.54) is 13.2 Å². The highest BCUT2D eigenvalue weighted by molar-refractivity contribution is 5.82. The first kappa shape index (κ1) is 19.2. The lowest BCUT2D eigenvalue weighted by Crippen LogP contribution is -2.30. The van der Waals surface area contributed by atoms with Gasteiger partial charge in [-0.3, -0.25) is 9.78 Å². The Balaban J connectivity index is 1.73. The van der Waals surface area contributed by atoms with Gasteiger partial charge in [0.05, 0.1) is 11.6 Å². The summed E-state index contributed by atoms with van der Waals surface area (Å²) in [5.74, 6) is -0.961. The Bertz CT molecular complexity index is 999. The molecule has 140 valence electrons. The van der Waals surface area contributed by atoms with Crippen LogP contribution in [0.3, 0.4) is 0 Å². The average Bonchev–Trinajstić information content (AvgIpc) is 2.74. The maximum atomic E-state index is 14.7.